The van der Waals surface area contributed by atoms with Crippen molar-refractivity contribution in [2.75, 3.05) is 0 Å². The van der Waals surface area contributed by atoms with Crippen LogP contribution in [-0.2, 0) is 7.05 Å². The van der Waals surface area contributed by atoms with Crippen molar-refractivity contribution in [2.24, 2.45) is 7.05 Å². The van der Waals surface area contributed by atoms with Crippen LogP contribution in [0.25, 0.3) is 5.65 Å². The highest BCUT2D eigenvalue weighted by Gasteiger charge is 2.07. The highest BCUT2D eigenvalue weighted by atomic mass is 35.5. The van der Waals surface area contributed by atoms with E-state index in [1.54, 1.807) is 12.4 Å². The highest BCUT2D eigenvalue weighted by Crippen LogP contribution is 2.02. The molecule has 0 unspecified atom stereocenters. The third-order valence-corrected chi connectivity index (χ3v) is 1.66. The Morgan fingerprint density at radius 2 is 2.36 bits per heavy atom. The predicted octanol–water partition coefficient (Wildman–Crippen LogP) is 0.207. The molecule has 0 aliphatic heterocycles. The summed E-state index contributed by atoms with van der Waals surface area (Å²) >= 11 is 5.65. The van der Waals surface area contributed by atoms with Crippen molar-refractivity contribution in [3.63, 3.8) is 0 Å². The largest absolute Gasteiger partial charge is 0.289 e. The molecule has 0 atom stereocenters. The lowest BCUT2D eigenvalue weighted by molar-refractivity contribution is -0.646. The number of hydrogen-bond acceptors (Lipinski definition) is 2. The molecule has 5 heteroatoms. The number of rotatable bonds is 0. The van der Waals surface area contributed by atoms with Gasteiger partial charge in [-0.3, -0.25) is 0 Å². The van der Waals surface area contributed by atoms with Gasteiger partial charge in [0.2, 0.25) is 0 Å². The molecule has 2 aromatic rings. The van der Waals surface area contributed by atoms with Gasteiger partial charge in [-0.15, -0.1) is 0 Å². The van der Waals surface area contributed by atoms with Gasteiger partial charge in [-0.25, -0.2) is 4.57 Å². The van der Waals surface area contributed by atoms with Gasteiger partial charge < -0.3 is 0 Å². The third-order valence-electron chi connectivity index (χ3n) is 1.46. The van der Waals surface area contributed by atoms with E-state index in [2.05, 4.69) is 10.2 Å². The zero-order valence-electron chi connectivity index (χ0n) is 5.90. The Balaban J connectivity index is 2.86. The summed E-state index contributed by atoms with van der Waals surface area (Å²) in [6.45, 7) is 0. The molecule has 0 spiro atoms. The molecule has 0 amide bonds. The normalized spacial score (nSPS) is 10.7. The lowest BCUT2D eigenvalue weighted by Gasteiger charge is -1.84. The van der Waals surface area contributed by atoms with Gasteiger partial charge in [-0.05, 0) is 6.07 Å². The molecular weight excluding hydrogens is 164 g/mol. The SMILES string of the molecule is C[n+]1cnn2nc(Cl)ccc21. The lowest BCUT2D eigenvalue weighted by Crippen LogP contribution is -2.25. The second-order valence-electron chi connectivity index (χ2n) is 2.25. The molecule has 0 aliphatic rings. The van der Waals surface area contributed by atoms with Crippen LogP contribution in [-0.4, -0.2) is 14.8 Å². The number of aryl methyl sites for hydroxylation is 1. The average Bonchev–Trinajstić information content (AvgIpc) is 2.32. The number of hydrogen-bond donors (Lipinski definition) is 0. The molecule has 0 fully saturated rings. The van der Waals surface area contributed by atoms with E-state index in [0.717, 1.165) is 5.65 Å². The van der Waals surface area contributed by atoms with Crippen LogP contribution >= 0.6 is 11.6 Å². The Hall–Kier alpha value is -1.16. The fraction of sp³-hybridized carbons (Fsp3) is 0.167. The minimum atomic E-state index is 0.446. The molecule has 2 heterocycles. The maximum absolute atomic E-state index is 5.65. The first-order valence-corrected chi connectivity index (χ1v) is 3.51. The first kappa shape index (κ1) is 6.54. The zero-order valence-corrected chi connectivity index (χ0v) is 6.65. The van der Waals surface area contributed by atoms with Crippen molar-refractivity contribution in [3.8, 4) is 0 Å². The molecule has 11 heavy (non-hydrogen) atoms. The lowest BCUT2D eigenvalue weighted by atomic mass is 10.5. The summed E-state index contributed by atoms with van der Waals surface area (Å²) in [6, 6.07) is 3.60. The summed E-state index contributed by atoms with van der Waals surface area (Å²) in [4.78, 5) is 0. The highest BCUT2D eigenvalue weighted by molar-refractivity contribution is 6.29. The maximum Gasteiger partial charge on any atom is 0.289 e. The van der Waals surface area contributed by atoms with E-state index in [-0.39, 0.29) is 0 Å². The summed E-state index contributed by atoms with van der Waals surface area (Å²) in [5, 5.41) is 8.36. The van der Waals surface area contributed by atoms with Gasteiger partial charge in [-0.2, -0.15) is 0 Å². The molecule has 0 saturated heterocycles. The van der Waals surface area contributed by atoms with Crippen LogP contribution in [0.5, 0.6) is 0 Å². The Labute approximate surface area is 68.0 Å². The molecule has 2 aromatic heterocycles. The third kappa shape index (κ3) is 0.952. The van der Waals surface area contributed by atoms with E-state index in [4.69, 9.17) is 11.6 Å². The number of nitrogens with zero attached hydrogens (tertiary/aromatic N) is 4. The number of aromatic nitrogens is 4. The minimum Gasteiger partial charge on any atom is -0.231 e. The molecule has 0 radical (unpaired) electrons. The van der Waals surface area contributed by atoms with Gasteiger partial charge in [0.25, 0.3) is 12.0 Å². The van der Waals surface area contributed by atoms with Gasteiger partial charge in [0.15, 0.2) is 5.15 Å². The summed E-state index contributed by atoms with van der Waals surface area (Å²) in [5.74, 6) is 0. The molecule has 0 aliphatic carbocycles. The standard InChI is InChI=1S/C6H6ClN4/c1-10-4-8-11-6(10)3-2-5(7)9-11/h2-4H,1H3/q+1. The van der Waals surface area contributed by atoms with E-state index in [1.165, 1.54) is 4.63 Å². The molecular formula is C6H6ClN4+. The quantitative estimate of drug-likeness (QED) is 0.529. The van der Waals surface area contributed by atoms with Crippen molar-refractivity contribution in [1.82, 2.24) is 14.8 Å². The van der Waals surface area contributed by atoms with E-state index < -0.39 is 0 Å². The summed E-state index contributed by atoms with van der Waals surface area (Å²) in [6.07, 6.45) is 1.68. The fourth-order valence-corrected chi connectivity index (χ4v) is 1.05. The van der Waals surface area contributed by atoms with E-state index in [1.807, 2.05) is 17.7 Å². The molecule has 0 saturated carbocycles. The van der Waals surface area contributed by atoms with Crippen LogP contribution in [0.2, 0.25) is 5.15 Å². The van der Waals surface area contributed by atoms with Crippen LogP contribution in [0.4, 0.5) is 0 Å². The van der Waals surface area contributed by atoms with Crippen LogP contribution in [0.1, 0.15) is 0 Å². The van der Waals surface area contributed by atoms with Crippen molar-refractivity contribution in [2.45, 2.75) is 0 Å². The molecule has 56 valence electrons. The van der Waals surface area contributed by atoms with Gasteiger partial charge in [-0.1, -0.05) is 16.7 Å². The zero-order chi connectivity index (χ0) is 7.84. The van der Waals surface area contributed by atoms with Gasteiger partial charge in [0.05, 0.1) is 12.1 Å². The van der Waals surface area contributed by atoms with Crippen molar-refractivity contribution in [1.29, 1.82) is 0 Å². The van der Waals surface area contributed by atoms with Crippen molar-refractivity contribution >= 4 is 17.2 Å². The first-order chi connectivity index (χ1) is 5.27. The minimum absolute atomic E-state index is 0.446. The Morgan fingerprint density at radius 1 is 1.55 bits per heavy atom. The monoisotopic (exact) mass is 169 g/mol. The van der Waals surface area contributed by atoms with E-state index in [9.17, 15) is 0 Å². The second kappa shape index (κ2) is 2.17. The number of halogens is 1. The summed E-state index contributed by atoms with van der Waals surface area (Å²) in [5.41, 5.74) is 0.911. The smallest absolute Gasteiger partial charge is 0.231 e. The molecule has 2 rings (SSSR count). The molecule has 0 aromatic carbocycles. The van der Waals surface area contributed by atoms with Crippen LogP contribution in [0, 0.1) is 0 Å². The van der Waals surface area contributed by atoms with Crippen LogP contribution in [0.3, 0.4) is 0 Å². The maximum atomic E-state index is 5.65. The van der Waals surface area contributed by atoms with E-state index in [0.29, 0.717) is 5.15 Å². The average molecular weight is 170 g/mol. The van der Waals surface area contributed by atoms with Gasteiger partial charge >= 0.3 is 0 Å². The Morgan fingerprint density at radius 3 is 3.18 bits per heavy atom. The van der Waals surface area contributed by atoms with Gasteiger partial charge in [0.1, 0.15) is 0 Å². The van der Waals surface area contributed by atoms with Crippen molar-refractivity contribution in [3.05, 3.63) is 23.6 Å². The first-order valence-electron chi connectivity index (χ1n) is 3.13. The summed E-state index contributed by atoms with van der Waals surface area (Å²) in [7, 11) is 1.90. The fourth-order valence-electron chi connectivity index (χ4n) is 0.914. The number of fused-ring (bicyclic) bond motifs is 1. The molecule has 4 nitrogen and oxygen atoms in total. The molecule has 0 N–H and O–H groups in total. The molecule has 0 bridgehead atoms. The van der Waals surface area contributed by atoms with Crippen LogP contribution < -0.4 is 4.57 Å². The second-order valence-corrected chi connectivity index (χ2v) is 2.63. The van der Waals surface area contributed by atoms with Gasteiger partial charge in [0, 0.05) is 10.7 Å². The summed E-state index contributed by atoms with van der Waals surface area (Å²) < 4.78 is 3.35. The topological polar surface area (TPSA) is 34.1 Å². The van der Waals surface area contributed by atoms with E-state index >= 15 is 0 Å². The Kier molecular flexibility index (Phi) is 1.29. The van der Waals surface area contributed by atoms with Crippen LogP contribution in [0.15, 0.2) is 18.5 Å². The van der Waals surface area contributed by atoms with Crippen molar-refractivity contribution < 1.29 is 4.57 Å². The Bertz CT molecular complexity index is 394. The predicted molar refractivity (Wildman–Crippen MR) is 39.2 cm³/mol.